The molecule has 1 saturated heterocycles. The Labute approximate surface area is 450 Å². The number of thiazole rings is 1. The lowest BCUT2D eigenvalue weighted by atomic mass is 9.83. The Bertz CT molecular complexity index is 2710. The van der Waals surface area contributed by atoms with Crippen molar-refractivity contribution >= 4 is 62.2 Å². The van der Waals surface area contributed by atoms with Gasteiger partial charge in [-0.25, -0.2) is 4.98 Å². The van der Waals surface area contributed by atoms with Gasteiger partial charge in [-0.1, -0.05) is 122 Å². The number of ether oxygens (including phenoxy) is 3. The fourth-order valence-corrected chi connectivity index (χ4v) is 10.6. The Hall–Kier alpha value is -6.92. The van der Waals surface area contributed by atoms with Gasteiger partial charge < -0.3 is 50.4 Å². The van der Waals surface area contributed by atoms with Crippen LogP contribution in [0, 0.1) is 5.92 Å². The number of carbonyl (C=O) groups excluding carboxylic acids is 5. The van der Waals surface area contributed by atoms with Crippen LogP contribution in [0.2, 0.25) is 0 Å². The van der Waals surface area contributed by atoms with Crippen molar-refractivity contribution in [2.45, 2.75) is 96.2 Å². The van der Waals surface area contributed by atoms with Gasteiger partial charge in [0.05, 0.1) is 51.9 Å². The van der Waals surface area contributed by atoms with Crippen LogP contribution in [0.5, 0.6) is 11.5 Å². The summed E-state index contributed by atoms with van der Waals surface area (Å²) in [5.74, 6) is -0.322. The summed E-state index contributed by atoms with van der Waals surface area (Å²) < 4.78 is 17.4. The van der Waals surface area contributed by atoms with E-state index >= 15 is 0 Å². The Morgan fingerprint density at radius 3 is 2.07 bits per heavy atom. The molecular weight excluding hydrogens is 983 g/mol. The number of aromatic nitrogens is 1. The summed E-state index contributed by atoms with van der Waals surface area (Å²) in [4.78, 5) is 75.3. The van der Waals surface area contributed by atoms with Gasteiger partial charge in [0.2, 0.25) is 29.5 Å². The molecule has 5 aromatic rings. The number of allylic oxidation sites excluding steroid dienone is 1. The van der Waals surface area contributed by atoms with Gasteiger partial charge in [-0.15, -0.1) is 0 Å². The fourth-order valence-electron chi connectivity index (χ4n) is 9.65. The van der Waals surface area contributed by atoms with E-state index < -0.39 is 18.1 Å². The molecule has 0 radical (unpaired) electrons. The maximum atomic E-state index is 14.3. The Morgan fingerprint density at radius 1 is 0.763 bits per heavy atom. The highest BCUT2D eigenvalue weighted by atomic mass is 32.1. The summed E-state index contributed by atoms with van der Waals surface area (Å²) in [6, 6.07) is 32.9. The minimum absolute atomic E-state index is 0.000728. The number of nitrogens with zero attached hydrogens (tertiary/aromatic N) is 3. The van der Waals surface area contributed by atoms with Crippen LogP contribution in [0.3, 0.4) is 0 Å². The lowest BCUT2D eigenvalue weighted by Gasteiger charge is -2.35. The van der Waals surface area contributed by atoms with Crippen molar-refractivity contribution in [2.75, 3.05) is 70.9 Å². The van der Waals surface area contributed by atoms with Gasteiger partial charge in [0.15, 0.2) is 5.13 Å². The number of rotatable bonds is 26. The quantitative estimate of drug-likeness (QED) is 0.0262. The van der Waals surface area contributed by atoms with E-state index in [1.165, 1.54) is 5.57 Å². The second-order valence-corrected chi connectivity index (χ2v) is 20.2. The summed E-state index contributed by atoms with van der Waals surface area (Å²) in [6.45, 7) is 5.84. The summed E-state index contributed by atoms with van der Waals surface area (Å²) >= 11 is 1.14. The van der Waals surface area contributed by atoms with Crippen molar-refractivity contribution in [1.82, 2.24) is 25.4 Å². The van der Waals surface area contributed by atoms with Gasteiger partial charge in [0.25, 0.3) is 0 Å². The molecule has 0 unspecified atom stereocenters. The molecule has 1 aromatic heterocycles. The molecule has 16 nitrogen and oxygen atoms in total. The van der Waals surface area contributed by atoms with Crippen molar-refractivity contribution < 1.29 is 43.3 Å². The summed E-state index contributed by atoms with van der Waals surface area (Å²) in [5, 5.41) is 22.6. The number of likely N-dealkylation sites (tertiary alicyclic amines) is 1. The molecule has 17 heteroatoms. The normalized spacial score (nSPS) is 15.8. The first kappa shape index (κ1) is 56.8. The van der Waals surface area contributed by atoms with E-state index in [2.05, 4.69) is 40.3 Å². The van der Waals surface area contributed by atoms with Gasteiger partial charge in [0, 0.05) is 19.2 Å². The highest BCUT2D eigenvalue weighted by molar-refractivity contribution is 7.20. The van der Waals surface area contributed by atoms with Gasteiger partial charge >= 0.3 is 0 Å². The first-order valence-corrected chi connectivity index (χ1v) is 27.4. The lowest BCUT2D eigenvalue weighted by Crippen LogP contribution is -2.57. The van der Waals surface area contributed by atoms with Gasteiger partial charge in [-0.3, -0.25) is 24.0 Å². The molecule has 7 rings (SSSR count). The van der Waals surface area contributed by atoms with Crippen molar-refractivity contribution in [3.05, 3.63) is 126 Å². The highest BCUT2D eigenvalue weighted by Gasteiger charge is 2.41. The van der Waals surface area contributed by atoms with Crippen LogP contribution in [0.25, 0.3) is 22.4 Å². The number of phenols is 1. The Kier molecular flexibility index (Phi) is 21.5. The van der Waals surface area contributed by atoms with Crippen LogP contribution in [-0.2, 0) is 33.4 Å². The number of aromatic hydroxyl groups is 1. The van der Waals surface area contributed by atoms with Crippen LogP contribution in [0.15, 0.2) is 109 Å². The second kappa shape index (κ2) is 28.8. The zero-order valence-electron chi connectivity index (χ0n) is 44.2. The van der Waals surface area contributed by atoms with Crippen molar-refractivity contribution in [2.24, 2.45) is 5.92 Å². The predicted molar refractivity (Wildman–Crippen MR) is 298 cm³/mol. The Balaban J connectivity index is 0.821. The largest absolute Gasteiger partial charge is 0.508 e. The number of carbonyl (C=O) groups is 5. The second-order valence-electron chi connectivity index (χ2n) is 19.2. The molecule has 0 bridgehead atoms. The van der Waals surface area contributed by atoms with E-state index in [1.54, 1.807) is 43.0 Å². The minimum Gasteiger partial charge on any atom is -0.508 e. The Morgan fingerprint density at radius 2 is 1.41 bits per heavy atom. The molecule has 404 valence electrons. The smallest absolute Gasteiger partial charge is 0.247 e. The van der Waals surface area contributed by atoms with Crippen LogP contribution in [-0.4, -0.2) is 128 Å². The molecule has 5 amide bonds. The van der Waals surface area contributed by atoms with E-state index in [0.29, 0.717) is 54.1 Å². The summed E-state index contributed by atoms with van der Waals surface area (Å²) in [5.41, 5.74) is 6.68. The molecule has 1 aliphatic carbocycles. The molecule has 4 aromatic carbocycles. The van der Waals surface area contributed by atoms with Crippen LogP contribution in [0.1, 0.15) is 94.7 Å². The van der Waals surface area contributed by atoms with Crippen LogP contribution >= 0.6 is 11.3 Å². The standard InChI is InChI=1S/C59H73N7O9S/c1-5-48(41-16-9-6-10-17-41)52(42-23-27-46(67)28-24-42)43-25-29-47(30-26-43)75-37-34-65(4)51(69)32-36-74-39-38-73-35-31-50(68)61-59-63-53(44-18-11-7-12-19-44)57(76-59)64-56(71)49-22-15-33-66(49)58(72)54(45-20-13-8-14-21-45)62-55(70)40(2)60-3/h6-7,9-12,16-19,23-30,40,45,49,54,60,67H,5,8,13-15,20-22,31-39H2,1-4H3,(H,62,70)(H,64,71)(H,61,63,68)/t40-,49-,54-/m0/s1. The number of likely N-dealkylation sites (N-methyl/N-ethyl adjacent to an activating group) is 2. The third-order valence-electron chi connectivity index (χ3n) is 14.0. The van der Waals surface area contributed by atoms with E-state index in [1.807, 2.05) is 84.9 Å². The van der Waals surface area contributed by atoms with Gasteiger partial charge in [-0.2, -0.15) is 0 Å². The highest BCUT2D eigenvalue weighted by Crippen LogP contribution is 2.38. The SMILES string of the molecule is CCC(=C(c1ccc(O)cc1)c1ccc(OCCN(C)C(=O)CCOCCOCCC(=O)Nc2nc(-c3ccccc3)c(NC(=O)[C@@H]3CCCN3C(=O)[C@@H](NC(=O)[C@H](C)NC)C3CCCCC3)s2)cc1)c1ccccc1. The van der Waals surface area contributed by atoms with Gasteiger partial charge in [-0.05, 0) is 104 Å². The number of amides is 5. The molecular formula is C59H73N7O9S. The monoisotopic (exact) mass is 1060 g/mol. The predicted octanol–water partition coefficient (Wildman–Crippen LogP) is 8.78. The molecule has 76 heavy (non-hydrogen) atoms. The van der Waals surface area contributed by atoms with E-state index in [-0.39, 0.29) is 80.5 Å². The molecule has 1 saturated carbocycles. The molecule has 5 N–H and O–H groups in total. The van der Waals surface area contributed by atoms with Crippen molar-refractivity contribution in [3.8, 4) is 22.8 Å². The summed E-state index contributed by atoms with van der Waals surface area (Å²) in [7, 11) is 3.44. The lowest BCUT2D eigenvalue weighted by molar-refractivity contribution is -0.142. The number of anilines is 2. The molecule has 3 atom stereocenters. The van der Waals surface area contributed by atoms with E-state index in [9.17, 15) is 29.1 Å². The number of hydrogen-bond acceptors (Lipinski definition) is 12. The number of phenolic OH excluding ortho intramolecular Hbond substituents is 1. The topological polar surface area (TPSA) is 201 Å². The van der Waals surface area contributed by atoms with E-state index in [0.717, 1.165) is 77.7 Å². The summed E-state index contributed by atoms with van der Waals surface area (Å²) in [6.07, 6.45) is 6.95. The van der Waals surface area contributed by atoms with Crippen molar-refractivity contribution in [3.63, 3.8) is 0 Å². The zero-order chi connectivity index (χ0) is 53.8. The molecule has 2 fully saturated rings. The number of nitrogens with one attached hydrogen (secondary N) is 4. The molecule has 2 heterocycles. The third kappa shape index (κ3) is 15.8. The number of benzene rings is 4. The van der Waals surface area contributed by atoms with E-state index in [4.69, 9.17) is 19.2 Å². The van der Waals surface area contributed by atoms with Crippen molar-refractivity contribution in [1.29, 1.82) is 0 Å². The molecule has 1 aliphatic heterocycles. The van der Waals surface area contributed by atoms with Gasteiger partial charge in [0.1, 0.15) is 40.9 Å². The zero-order valence-corrected chi connectivity index (χ0v) is 45.0. The maximum Gasteiger partial charge on any atom is 0.247 e. The molecule has 2 aliphatic rings. The maximum absolute atomic E-state index is 14.3. The first-order chi connectivity index (χ1) is 36.9. The molecule has 0 spiro atoms. The average Bonchev–Trinajstić information content (AvgIpc) is 4.11. The first-order valence-electron chi connectivity index (χ1n) is 26.6. The third-order valence-corrected chi connectivity index (χ3v) is 14.9. The number of hydrogen-bond donors (Lipinski definition) is 5. The average molecular weight is 1060 g/mol. The minimum atomic E-state index is -0.733. The fraction of sp³-hybridized carbons (Fsp3) is 0.424. The van der Waals surface area contributed by atoms with Crippen LogP contribution < -0.4 is 26.0 Å². The van der Waals surface area contributed by atoms with Crippen LogP contribution in [0.4, 0.5) is 10.1 Å².